The Morgan fingerprint density at radius 2 is 1.21 bits per heavy atom. The first kappa shape index (κ1) is 22.1. The number of unbranched alkanes of at least 4 members (excludes halogenated alkanes) is 5. The first-order valence-corrected chi connectivity index (χ1v) is 7.86. The van der Waals surface area contributed by atoms with Gasteiger partial charge in [-0.25, -0.2) is 0 Å². The van der Waals surface area contributed by atoms with Gasteiger partial charge in [-0.3, -0.25) is 4.79 Å². The molecular formula is C16H32NdO2. The summed E-state index contributed by atoms with van der Waals surface area (Å²) in [6.07, 6.45) is 11.6. The molecule has 0 aromatic heterocycles. The molecule has 0 saturated carbocycles. The second-order valence-electron chi connectivity index (χ2n) is 5.60. The molecule has 1 N–H and O–H groups in total. The SMILES string of the molecule is CCCCCCC(CCCC)(CCCC)C(=O)O.[Nd]. The van der Waals surface area contributed by atoms with Gasteiger partial charge in [-0.05, 0) is 19.3 Å². The summed E-state index contributed by atoms with van der Waals surface area (Å²) in [6.45, 7) is 6.48. The predicted octanol–water partition coefficient (Wildman–Crippen LogP) is 5.41. The molecule has 2 nitrogen and oxygen atoms in total. The molecule has 0 aromatic rings. The number of carboxylic acid groups (broad SMARTS) is 1. The van der Waals surface area contributed by atoms with Gasteiger partial charge in [0.2, 0.25) is 0 Å². The van der Waals surface area contributed by atoms with Gasteiger partial charge in [0.05, 0.1) is 5.41 Å². The molecule has 0 atom stereocenters. The number of hydrogen-bond acceptors (Lipinski definition) is 1. The van der Waals surface area contributed by atoms with Gasteiger partial charge in [-0.2, -0.15) is 0 Å². The molecule has 0 unspecified atom stereocenters. The zero-order chi connectivity index (χ0) is 13.9. The van der Waals surface area contributed by atoms with Crippen LogP contribution in [0.5, 0.6) is 0 Å². The van der Waals surface area contributed by atoms with Crippen molar-refractivity contribution in [2.75, 3.05) is 0 Å². The fourth-order valence-electron chi connectivity index (χ4n) is 2.62. The third kappa shape index (κ3) is 9.38. The van der Waals surface area contributed by atoms with E-state index in [0.29, 0.717) is 0 Å². The predicted molar refractivity (Wildman–Crippen MR) is 77.9 cm³/mol. The summed E-state index contributed by atoms with van der Waals surface area (Å²) in [5.74, 6) is -0.555. The maximum atomic E-state index is 11.7. The second kappa shape index (κ2) is 13.8. The quantitative estimate of drug-likeness (QED) is 0.445. The Hall–Kier alpha value is 0.821. The molecule has 0 aliphatic carbocycles. The van der Waals surface area contributed by atoms with E-state index in [4.69, 9.17) is 0 Å². The zero-order valence-electron chi connectivity index (χ0n) is 13.1. The van der Waals surface area contributed by atoms with Crippen LogP contribution in [0, 0.1) is 46.3 Å². The van der Waals surface area contributed by atoms with Crippen LogP contribution in [-0.2, 0) is 4.79 Å². The smallest absolute Gasteiger partial charge is 0.309 e. The minimum Gasteiger partial charge on any atom is -0.481 e. The van der Waals surface area contributed by atoms with Gasteiger partial charge in [-0.15, -0.1) is 0 Å². The van der Waals surface area contributed by atoms with Crippen LogP contribution < -0.4 is 0 Å². The number of aliphatic carboxylic acids is 1. The molecule has 0 spiro atoms. The van der Waals surface area contributed by atoms with Gasteiger partial charge in [0.15, 0.2) is 0 Å². The molecule has 0 rings (SSSR count). The van der Waals surface area contributed by atoms with E-state index >= 15 is 0 Å². The van der Waals surface area contributed by atoms with Gasteiger partial charge < -0.3 is 5.11 Å². The standard InChI is InChI=1S/C16H32O2.Nd/c1-4-7-10-11-14-16(15(17)18,12-8-5-2)13-9-6-3;/h4-14H2,1-3H3,(H,17,18);. The van der Waals surface area contributed by atoms with E-state index in [-0.39, 0.29) is 40.8 Å². The summed E-state index contributed by atoms with van der Waals surface area (Å²) in [7, 11) is 0. The monoisotopic (exact) mass is 398 g/mol. The fraction of sp³-hybridized carbons (Fsp3) is 0.938. The number of rotatable bonds is 12. The van der Waals surface area contributed by atoms with E-state index in [1.165, 1.54) is 19.3 Å². The molecule has 0 bridgehead atoms. The summed E-state index contributed by atoms with van der Waals surface area (Å²) < 4.78 is 0. The molecule has 0 radical (unpaired) electrons. The van der Waals surface area contributed by atoms with E-state index < -0.39 is 11.4 Å². The van der Waals surface area contributed by atoms with Crippen molar-refractivity contribution < 1.29 is 50.7 Å². The minimum absolute atomic E-state index is 0. The summed E-state index contributed by atoms with van der Waals surface area (Å²) in [6, 6.07) is 0. The van der Waals surface area contributed by atoms with Crippen LogP contribution in [0.15, 0.2) is 0 Å². The van der Waals surface area contributed by atoms with Gasteiger partial charge in [0, 0.05) is 40.8 Å². The Morgan fingerprint density at radius 1 is 0.789 bits per heavy atom. The van der Waals surface area contributed by atoms with E-state index in [1.807, 2.05) is 0 Å². The fourth-order valence-corrected chi connectivity index (χ4v) is 2.62. The van der Waals surface area contributed by atoms with Crippen LogP contribution in [-0.4, -0.2) is 11.1 Å². The Bertz CT molecular complexity index is 209. The summed E-state index contributed by atoms with van der Waals surface area (Å²) in [4.78, 5) is 11.7. The largest absolute Gasteiger partial charge is 0.481 e. The minimum atomic E-state index is -0.555. The van der Waals surface area contributed by atoms with Crippen molar-refractivity contribution in [3.8, 4) is 0 Å². The number of carbonyl (C=O) groups is 1. The Labute approximate surface area is 152 Å². The Kier molecular flexibility index (Phi) is 16.0. The van der Waals surface area contributed by atoms with Crippen LogP contribution in [0.4, 0.5) is 0 Å². The van der Waals surface area contributed by atoms with Crippen molar-refractivity contribution in [3.63, 3.8) is 0 Å². The summed E-state index contributed by atoms with van der Waals surface area (Å²) >= 11 is 0. The van der Waals surface area contributed by atoms with Crippen LogP contribution in [0.25, 0.3) is 0 Å². The maximum absolute atomic E-state index is 11.7. The first-order chi connectivity index (χ1) is 8.63. The van der Waals surface area contributed by atoms with E-state index in [9.17, 15) is 9.90 Å². The summed E-state index contributed by atoms with van der Waals surface area (Å²) in [5.41, 5.74) is -0.431. The van der Waals surface area contributed by atoms with E-state index in [0.717, 1.165) is 51.4 Å². The second-order valence-corrected chi connectivity index (χ2v) is 5.60. The molecule has 0 aliphatic heterocycles. The molecule has 0 fully saturated rings. The third-order valence-corrected chi connectivity index (χ3v) is 3.98. The van der Waals surface area contributed by atoms with E-state index in [2.05, 4.69) is 20.8 Å². The van der Waals surface area contributed by atoms with Gasteiger partial charge in [0.25, 0.3) is 0 Å². The molecule has 112 valence electrons. The molecule has 3 heteroatoms. The van der Waals surface area contributed by atoms with E-state index in [1.54, 1.807) is 0 Å². The van der Waals surface area contributed by atoms with Gasteiger partial charge >= 0.3 is 5.97 Å². The van der Waals surface area contributed by atoms with Crippen molar-refractivity contribution in [3.05, 3.63) is 0 Å². The number of carboxylic acids is 1. The maximum Gasteiger partial charge on any atom is 0.309 e. The molecular weight excluding hydrogens is 368 g/mol. The summed E-state index contributed by atoms with van der Waals surface area (Å²) in [5, 5.41) is 9.63. The Balaban J connectivity index is 0. The average molecular weight is 401 g/mol. The van der Waals surface area contributed by atoms with Crippen molar-refractivity contribution in [1.29, 1.82) is 0 Å². The van der Waals surface area contributed by atoms with Crippen LogP contribution in [0.2, 0.25) is 0 Å². The van der Waals surface area contributed by atoms with Gasteiger partial charge in [0.1, 0.15) is 0 Å². The molecule has 0 aromatic carbocycles. The van der Waals surface area contributed by atoms with Crippen molar-refractivity contribution in [1.82, 2.24) is 0 Å². The molecule has 0 saturated heterocycles. The van der Waals surface area contributed by atoms with Crippen molar-refractivity contribution in [2.24, 2.45) is 5.41 Å². The zero-order valence-corrected chi connectivity index (χ0v) is 16.3. The normalized spacial score (nSPS) is 11.1. The molecule has 19 heavy (non-hydrogen) atoms. The van der Waals surface area contributed by atoms with Crippen LogP contribution in [0.3, 0.4) is 0 Å². The molecule has 0 amide bonds. The average Bonchev–Trinajstić information content (AvgIpc) is 2.37. The molecule has 0 aliphatic rings. The first-order valence-electron chi connectivity index (χ1n) is 7.86. The molecule has 0 heterocycles. The number of hydrogen-bond donors (Lipinski definition) is 1. The van der Waals surface area contributed by atoms with Crippen LogP contribution >= 0.6 is 0 Å². The van der Waals surface area contributed by atoms with Crippen molar-refractivity contribution in [2.45, 2.75) is 91.4 Å². The topological polar surface area (TPSA) is 37.3 Å². The van der Waals surface area contributed by atoms with Crippen LogP contribution in [0.1, 0.15) is 91.4 Å². The third-order valence-electron chi connectivity index (χ3n) is 3.98. The van der Waals surface area contributed by atoms with Gasteiger partial charge in [-0.1, -0.05) is 72.1 Å². The Morgan fingerprint density at radius 3 is 1.58 bits per heavy atom. The van der Waals surface area contributed by atoms with Crippen molar-refractivity contribution >= 4 is 5.97 Å².